The molecule has 0 saturated carbocycles. The number of aliphatic hydroxyl groups is 1. The molecule has 0 unspecified atom stereocenters. The highest BCUT2D eigenvalue weighted by molar-refractivity contribution is 6.16. The van der Waals surface area contributed by atoms with Crippen molar-refractivity contribution in [3.8, 4) is 0 Å². The van der Waals surface area contributed by atoms with Crippen molar-refractivity contribution in [2.45, 2.75) is 12.1 Å². The first-order valence-corrected chi connectivity index (χ1v) is 11.9. The number of nitrogens with zero attached hydrogens (tertiary/aromatic N) is 3. The highest BCUT2D eigenvalue weighted by atomic mass is 16.3. The first-order valence-electron chi connectivity index (χ1n) is 11.9. The van der Waals surface area contributed by atoms with Crippen LogP contribution in [0, 0.1) is 0 Å². The maximum absolute atomic E-state index is 13.5. The highest BCUT2D eigenvalue weighted by Crippen LogP contribution is 2.37. The molecule has 2 heterocycles. The average molecular weight is 455 g/mol. The summed E-state index contributed by atoms with van der Waals surface area (Å²) < 4.78 is 0. The number of benzene rings is 3. The van der Waals surface area contributed by atoms with Gasteiger partial charge in [0.05, 0.1) is 6.61 Å². The molecule has 1 amide bonds. The number of hydrogen-bond donors (Lipinski definition) is 2. The fraction of sp³-hybridized carbons (Fsp3) is 0.286. The van der Waals surface area contributed by atoms with E-state index in [2.05, 4.69) is 27.2 Å². The van der Waals surface area contributed by atoms with E-state index in [0.29, 0.717) is 5.84 Å². The largest absolute Gasteiger partial charge is 0.395 e. The number of rotatable bonds is 7. The van der Waals surface area contributed by atoms with Crippen molar-refractivity contribution in [3.05, 3.63) is 107 Å². The van der Waals surface area contributed by atoms with E-state index in [9.17, 15) is 4.79 Å². The van der Waals surface area contributed by atoms with Gasteiger partial charge in [0.25, 0.3) is 5.91 Å². The molecule has 34 heavy (non-hydrogen) atoms. The van der Waals surface area contributed by atoms with Crippen molar-refractivity contribution in [1.82, 2.24) is 15.1 Å². The van der Waals surface area contributed by atoms with Crippen LogP contribution in [0.3, 0.4) is 0 Å². The molecule has 1 fully saturated rings. The van der Waals surface area contributed by atoms with Gasteiger partial charge in [0.2, 0.25) is 0 Å². The third-order valence-electron chi connectivity index (χ3n) is 6.71. The van der Waals surface area contributed by atoms with E-state index < -0.39 is 5.54 Å². The van der Waals surface area contributed by atoms with Crippen LogP contribution in [-0.4, -0.2) is 66.0 Å². The predicted octanol–water partition coefficient (Wildman–Crippen LogP) is 2.62. The van der Waals surface area contributed by atoms with Gasteiger partial charge in [-0.25, -0.2) is 4.99 Å². The second-order valence-corrected chi connectivity index (χ2v) is 8.90. The molecule has 6 heteroatoms. The maximum atomic E-state index is 13.5. The molecule has 1 saturated heterocycles. The van der Waals surface area contributed by atoms with Crippen molar-refractivity contribution < 1.29 is 9.90 Å². The summed E-state index contributed by atoms with van der Waals surface area (Å²) in [4.78, 5) is 23.3. The summed E-state index contributed by atoms with van der Waals surface area (Å²) in [6, 6.07) is 27.8. The summed E-state index contributed by atoms with van der Waals surface area (Å²) in [5.41, 5.74) is 2.72. The molecule has 6 nitrogen and oxygen atoms in total. The van der Waals surface area contributed by atoms with E-state index in [0.717, 1.165) is 56.0 Å². The molecule has 0 atom stereocenters. The second kappa shape index (κ2) is 9.89. The summed E-state index contributed by atoms with van der Waals surface area (Å²) >= 11 is 0. The minimum atomic E-state index is -1.10. The Labute approximate surface area is 200 Å². The molecule has 174 valence electrons. The Hall–Kier alpha value is -3.32. The number of amidine groups is 1. The lowest BCUT2D eigenvalue weighted by atomic mass is 9.83. The summed E-state index contributed by atoms with van der Waals surface area (Å²) in [7, 11) is 0. The second-order valence-electron chi connectivity index (χ2n) is 8.90. The van der Waals surface area contributed by atoms with Crippen LogP contribution in [0.1, 0.15) is 22.3 Å². The predicted molar refractivity (Wildman–Crippen MR) is 134 cm³/mol. The van der Waals surface area contributed by atoms with Gasteiger partial charge >= 0.3 is 0 Å². The van der Waals surface area contributed by atoms with Crippen molar-refractivity contribution in [3.63, 3.8) is 0 Å². The van der Waals surface area contributed by atoms with Crippen LogP contribution in [0.2, 0.25) is 0 Å². The average Bonchev–Trinajstić information content (AvgIpc) is 3.25. The van der Waals surface area contributed by atoms with Gasteiger partial charge in [-0.1, -0.05) is 78.9 Å². The maximum Gasteiger partial charge on any atom is 0.262 e. The number of aliphatic hydroxyl groups excluding tert-OH is 1. The molecular formula is C28H30N4O2. The number of hydrogen-bond acceptors (Lipinski definition) is 5. The molecule has 0 spiro atoms. The Bertz CT molecular complexity index is 1120. The molecule has 2 aliphatic heterocycles. The topological polar surface area (TPSA) is 68.2 Å². The lowest BCUT2D eigenvalue weighted by molar-refractivity contribution is -0.122. The van der Waals surface area contributed by atoms with E-state index in [1.165, 1.54) is 5.56 Å². The molecule has 5 rings (SSSR count). The molecule has 0 radical (unpaired) electrons. The third kappa shape index (κ3) is 4.40. The first kappa shape index (κ1) is 22.5. The molecule has 3 aromatic carbocycles. The van der Waals surface area contributed by atoms with Crippen LogP contribution < -0.4 is 5.32 Å². The highest BCUT2D eigenvalue weighted by Gasteiger charge is 2.47. The summed E-state index contributed by atoms with van der Waals surface area (Å²) in [5, 5.41) is 12.2. The monoisotopic (exact) mass is 454 g/mol. The molecule has 0 aliphatic carbocycles. The van der Waals surface area contributed by atoms with E-state index >= 15 is 0 Å². The van der Waals surface area contributed by atoms with Crippen molar-refractivity contribution in [2.24, 2.45) is 4.99 Å². The molecule has 2 N–H and O–H groups in total. The molecule has 0 aromatic heterocycles. The smallest absolute Gasteiger partial charge is 0.262 e. The Morgan fingerprint density at radius 2 is 1.44 bits per heavy atom. The van der Waals surface area contributed by atoms with Gasteiger partial charge in [-0.3, -0.25) is 14.6 Å². The van der Waals surface area contributed by atoms with Crippen molar-refractivity contribution in [2.75, 3.05) is 39.3 Å². The zero-order chi connectivity index (χ0) is 23.4. The zero-order valence-corrected chi connectivity index (χ0v) is 19.2. The van der Waals surface area contributed by atoms with Gasteiger partial charge in [-0.05, 0) is 22.8 Å². The zero-order valence-electron chi connectivity index (χ0n) is 19.2. The van der Waals surface area contributed by atoms with Gasteiger partial charge in [0, 0.05) is 44.8 Å². The number of piperazine rings is 1. The molecule has 3 aromatic rings. The van der Waals surface area contributed by atoms with Crippen LogP contribution in [0.4, 0.5) is 0 Å². The van der Waals surface area contributed by atoms with Gasteiger partial charge in [-0.2, -0.15) is 0 Å². The van der Waals surface area contributed by atoms with E-state index in [4.69, 9.17) is 10.1 Å². The number of carbonyl (C=O) groups excluding carboxylic acids is 1. The van der Waals surface area contributed by atoms with E-state index in [1.807, 2.05) is 72.8 Å². The van der Waals surface area contributed by atoms with Gasteiger partial charge in [0.1, 0.15) is 5.84 Å². The first-order chi connectivity index (χ1) is 16.7. The van der Waals surface area contributed by atoms with E-state index in [-0.39, 0.29) is 12.5 Å². The number of aliphatic imine (C=N–C) groups is 1. The van der Waals surface area contributed by atoms with Crippen LogP contribution in [0.5, 0.6) is 0 Å². The summed E-state index contributed by atoms with van der Waals surface area (Å²) in [5.74, 6) is 0.470. The van der Waals surface area contributed by atoms with Crippen molar-refractivity contribution in [1.29, 1.82) is 0 Å². The van der Waals surface area contributed by atoms with Gasteiger partial charge in [0.15, 0.2) is 5.54 Å². The Morgan fingerprint density at radius 1 is 0.824 bits per heavy atom. The van der Waals surface area contributed by atoms with Gasteiger partial charge < -0.3 is 10.4 Å². The minimum Gasteiger partial charge on any atom is -0.395 e. The quantitative estimate of drug-likeness (QED) is 0.576. The summed E-state index contributed by atoms with van der Waals surface area (Å²) in [6.07, 6.45) is 0. The Balaban J connectivity index is 1.43. The fourth-order valence-corrected chi connectivity index (χ4v) is 4.89. The van der Waals surface area contributed by atoms with Crippen LogP contribution in [-0.2, 0) is 16.9 Å². The van der Waals surface area contributed by atoms with Crippen molar-refractivity contribution >= 4 is 11.7 Å². The lowest BCUT2D eigenvalue weighted by Gasteiger charge is -2.34. The number of carbonyl (C=O) groups is 1. The SMILES string of the molecule is O=C1NC(c2cccc(CN3CCN(CCO)CC3)c2)=NC1(c1ccccc1)c1ccccc1. The number of nitrogens with one attached hydrogen (secondary N) is 1. The van der Waals surface area contributed by atoms with Crippen LogP contribution in [0.25, 0.3) is 0 Å². The minimum absolute atomic E-state index is 0.134. The normalized spacial score (nSPS) is 18.5. The van der Waals surface area contributed by atoms with Crippen LogP contribution >= 0.6 is 0 Å². The number of amides is 1. The molecular weight excluding hydrogens is 424 g/mol. The Morgan fingerprint density at radius 3 is 2.06 bits per heavy atom. The number of β-amino-alcohol motifs (C(OH)–C–C–N with tert-alkyl or cyclic N) is 1. The standard InChI is InChI=1S/C28H30N4O2/c33-19-18-31-14-16-32(17-15-31)21-22-8-7-9-23(20-22)26-29-27(34)28(30-26,24-10-3-1-4-11-24)25-12-5-2-6-13-25/h1-13,20,33H,14-19,21H2,(H,29,30,34). The lowest BCUT2D eigenvalue weighted by Crippen LogP contribution is -2.46. The Kier molecular flexibility index (Phi) is 6.54. The van der Waals surface area contributed by atoms with E-state index in [1.54, 1.807) is 0 Å². The fourth-order valence-electron chi connectivity index (χ4n) is 4.89. The third-order valence-corrected chi connectivity index (χ3v) is 6.71. The van der Waals surface area contributed by atoms with Crippen LogP contribution in [0.15, 0.2) is 89.9 Å². The summed E-state index contributed by atoms with van der Waals surface area (Å²) in [6.45, 7) is 5.71. The molecule has 0 bridgehead atoms. The van der Waals surface area contributed by atoms with Gasteiger partial charge in [-0.15, -0.1) is 0 Å². The molecule has 2 aliphatic rings.